The van der Waals surface area contributed by atoms with Crippen LogP contribution in [0.2, 0.25) is 0 Å². The van der Waals surface area contributed by atoms with E-state index in [2.05, 4.69) is 5.32 Å². The van der Waals surface area contributed by atoms with Crippen LogP contribution < -0.4 is 11.1 Å². The lowest BCUT2D eigenvalue weighted by Crippen LogP contribution is -2.27. The number of amides is 1. The molecule has 0 spiro atoms. The van der Waals surface area contributed by atoms with Gasteiger partial charge < -0.3 is 15.6 Å². The molecule has 0 aliphatic carbocycles. The topological polar surface area (TPSA) is 84.6 Å². The van der Waals surface area contributed by atoms with Gasteiger partial charge in [-0.2, -0.15) is 0 Å². The van der Waals surface area contributed by atoms with Crippen LogP contribution >= 0.6 is 0 Å². The smallest absolute Gasteiger partial charge is 0.412 e. The summed E-state index contributed by atoms with van der Waals surface area (Å²) < 4.78 is 5.15. The van der Waals surface area contributed by atoms with E-state index in [1.807, 2.05) is 32.9 Å². The van der Waals surface area contributed by atoms with E-state index in [0.717, 1.165) is 5.56 Å². The van der Waals surface area contributed by atoms with Crippen LogP contribution in [0.5, 0.6) is 0 Å². The number of carbonyl (C=O) groups excluding carboxylic acids is 1. The molecule has 0 aromatic heterocycles. The molecule has 1 atom stereocenters. The van der Waals surface area contributed by atoms with Crippen LogP contribution in [0, 0.1) is 0 Å². The van der Waals surface area contributed by atoms with Crippen molar-refractivity contribution < 1.29 is 14.6 Å². The Morgan fingerprint density at radius 2 is 1.95 bits per heavy atom. The highest BCUT2D eigenvalue weighted by molar-refractivity contribution is 5.84. The fourth-order valence-electron chi connectivity index (χ4n) is 1.54. The number of nitrogens with two attached hydrogens (primary N) is 1. The molecule has 1 unspecified atom stereocenters. The molecule has 0 bridgehead atoms. The van der Waals surface area contributed by atoms with Crippen LogP contribution in [0.25, 0.3) is 0 Å². The molecule has 0 radical (unpaired) electrons. The van der Waals surface area contributed by atoms with E-state index in [1.54, 1.807) is 12.1 Å². The Balaban J connectivity index is 2.59. The first-order valence-corrected chi connectivity index (χ1v) is 6.28. The van der Waals surface area contributed by atoms with Crippen LogP contribution in [0.4, 0.5) is 10.5 Å². The van der Waals surface area contributed by atoms with Crippen molar-refractivity contribution in [1.29, 1.82) is 0 Å². The van der Waals surface area contributed by atoms with Crippen LogP contribution in [0.1, 0.15) is 38.8 Å². The summed E-state index contributed by atoms with van der Waals surface area (Å²) in [5.74, 6) is 0. The quantitative estimate of drug-likeness (QED) is 0.781. The lowest BCUT2D eigenvalue weighted by atomic mass is 10.0. The molecule has 4 N–H and O–H groups in total. The van der Waals surface area contributed by atoms with E-state index in [-0.39, 0.29) is 12.6 Å². The van der Waals surface area contributed by atoms with Crippen molar-refractivity contribution in [3.8, 4) is 0 Å². The molecule has 5 heteroatoms. The van der Waals surface area contributed by atoms with Crippen molar-refractivity contribution in [1.82, 2.24) is 0 Å². The molecule has 5 nitrogen and oxygen atoms in total. The van der Waals surface area contributed by atoms with Gasteiger partial charge in [0.15, 0.2) is 0 Å². The average molecular weight is 266 g/mol. The number of rotatable bonds is 4. The standard InChI is InChI=1S/C14H22N2O3/c1-14(2,3)19-13(18)16-11-6-4-10(5-7-11)12(15)8-9-17/h4-7,12,17H,8-9,15H2,1-3H3,(H,16,18). The number of hydrogen-bond acceptors (Lipinski definition) is 4. The lowest BCUT2D eigenvalue weighted by molar-refractivity contribution is 0.0636. The molecule has 0 aliphatic rings. The zero-order valence-corrected chi connectivity index (χ0v) is 11.6. The summed E-state index contributed by atoms with van der Waals surface area (Å²) in [6.45, 7) is 5.48. The van der Waals surface area contributed by atoms with E-state index < -0.39 is 11.7 Å². The van der Waals surface area contributed by atoms with Gasteiger partial charge in [-0.25, -0.2) is 4.79 Å². The Labute approximate surface area is 113 Å². The van der Waals surface area contributed by atoms with Gasteiger partial charge in [0.25, 0.3) is 0 Å². The highest BCUT2D eigenvalue weighted by Crippen LogP contribution is 2.17. The third-order valence-corrected chi connectivity index (χ3v) is 2.42. The van der Waals surface area contributed by atoms with Gasteiger partial charge in [0.05, 0.1) is 0 Å². The Hall–Kier alpha value is -1.59. The number of nitrogens with one attached hydrogen (secondary N) is 1. The highest BCUT2D eigenvalue weighted by atomic mass is 16.6. The summed E-state index contributed by atoms with van der Waals surface area (Å²) >= 11 is 0. The molecule has 0 fully saturated rings. The van der Waals surface area contributed by atoms with Gasteiger partial charge in [-0.3, -0.25) is 5.32 Å². The predicted octanol–water partition coefficient (Wildman–Crippen LogP) is 2.42. The molecule has 0 saturated heterocycles. The SMILES string of the molecule is CC(C)(C)OC(=O)Nc1ccc(C(N)CCO)cc1. The Morgan fingerprint density at radius 3 is 2.42 bits per heavy atom. The Kier molecular flexibility index (Phi) is 5.32. The molecule has 1 aromatic rings. The normalized spacial score (nSPS) is 12.9. The Morgan fingerprint density at radius 1 is 1.37 bits per heavy atom. The monoisotopic (exact) mass is 266 g/mol. The molecule has 1 rings (SSSR count). The maximum atomic E-state index is 11.6. The van der Waals surface area contributed by atoms with E-state index in [9.17, 15) is 4.79 Å². The minimum atomic E-state index is -0.520. The number of hydrogen-bond donors (Lipinski definition) is 3. The second kappa shape index (κ2) is 6.54. The van der Waals surface area contributed by atoms with Crippen LogP contribution in [0.3, 0.4) is 0 Å². The molecule has 1 amide bonds. The molecule has 1 aromatic carbocycles. The largest absolute Gasteiger partial charge is 0.444 e. The molecule has 19 heavy (non-hydrogen) atoms. The van der Waals surface area contributed by atoms with Crippen LogP contribution in [0.15, 0.2) is 24.3 Å². The Bertz CT molecular complexity index is 410. The van der Waals surface area contributed by atoms with E-state index in [0.29, 0.717) is 12.1 Å². The number of aliphatic hydroxyl groups excluding tert-OH is 1. The van der Waals surface area contributed by atoms with Gasteiger partial charge in [0.1, 0.15) is 5.60 Å². The third-order valence-electron chi connectivity index (χ3n) is 2.42. The number of benzene rings is 1. The molecule has 0 saturated carbocycles. The summed E-state index contributed by atoms with van der Waals surface area (Å²) in [7, 11) is 0. The maximum absolute atomic E-state index is 11.6. The highest BCUT2D eigenvalue weighted by Gasteiger charge is 2.16. The first-order valence-electron chi connectivity index (χ1n) is 6.28. The average Bonchev–Trinajstić information content (AvgIpc) is 2.27. The molecule has 0 heterocycles. The lowest BCUT2D eigenvalue weighted by Gasteiger charge is -2.19. The van der Waals surface area contributed by atoms with Crippen molar-refractivity contribution in [3.63, 3.8) is 0 Å². The second-order valence-electron chi connectivity index (χ2n) is 5.37. The molecule has 106 valence electrons. The molecular formula is C14H22N2O3. The fraction of sp³-hybridized carbons (Fsp3) is 0.500. The number of ether oxygens (including phenoxy) is 1. The predicted molar refractivity (Wildman–Crippen MR) is 74.9 cm³/mol. The first-order chi connectivity index (χ1) is 8.81. The summed E-state index contributed by atoms with van der Waals surface area (Å²) in [6.07, 6.45) is 0.0265. The first kappa shape index (κ1) is 15.5. The zero-order valence-electron chi connectivity index (χ0n) is 11.6. The number of anilines is 1. The summed E-state index contributed by atoms with van der Waals surface area (Å²) in [5.41, 5.74) is 6.92. The van der Waals surface area contributed by atoms with E-state index >= 15 is 0 Å². The summed E-state index contributed by atoms with van der Waals surface area (Å²) in [6, 6.07) is 6.98. The van der Waals surface area contributed by atoms with E-state index in [4.69, 9.17) is 15.6 Å². The fourth-order valence-corrected chi connectivity index (χ4v) is 1.54. The third kappa shape index (κ3) is 5.72. The van der Waals surface area contributed by atoms with Crippen molar-refractivity contribution in [2.24, 2.45) is 5.73 Å². The maximum Gasteiger partial charge on any atom is 0.412 e. The number of carbonyl (C=O) groups is 1. The zero-order chi connectivity index (χ0) is 14.5. The van der Waals surface area contributed by atoms with Crippen LogP contribution in [-0.4, -0.2) is 23.4 Å². The second-order valence-corrected chi connectivity index (χ2v) is 5.37. The van der Waals surface area contributed by atoms with Crippen molar-refractivity contribution in [2.45, 2.75) is 38.8 Å². The van der Waals surface area contributed by atoms with Crippen LogP contribution in [-0.2, 0) is 4.74 Å². The van der Waals surface area contributed by atoms with E-state index in [1.165, 1.54) is 0 Å². The van der Waals surface area contributed by atoms with Gasteiger partial charge in [0, 0.05) is 18.3 Å². The van der Waals surface area contributed by atoms with Gasteiger partial charge in [0.2, 0.25) is 0 Å². The molecule has 0 aliphatic heterocycles. The van der Waals surface area contributed by atoms with Crippen molar-refractivity contribution in [2.75, 3.05) is 11.9 Å². The summed E-state index contributed by atoms with van der Waals surface area (Å²) in [5, 5.41) is 11.5. The summed E-state index contributed by atoms with van der Waals surface area (Å²) in [4.78, 5) is 11.6. The minimum absolute atomic E-state index is 0.0546. The van der Waals surface area contributed by atoms with Crippen molar-refractivity contribution in [3.05, 3.63) is 29.8 Å². The minimum Gasteiger partial charge on any atom is -0.444 e. The van der Waals surface area contributed by atoms with Gasteiger partial charge >= 0.3 is 6.09 Å². The van der Waals surface area contributed by atoms with Gasteiger partial charge in [-0.1, -0.05) is 12.1 Å². The van der Waals surface area contributed by atoms with Gasteiger partial charge in [-0.15, -0.1) is 0 Å². The van der Waals surface area contributed by atoms with Gasteiger partial charge in [-0.05, 0) is 44.9 Å². The van der Waals surface area contributed by atoms with Crippen molar-refractivity contribution >= 4 is 11.8 Å². The number of aliphatic hydroxyl groups is 1. The molecular weight excluding hydrogens is 244 g/mol.